The van der Waals surface area contributed by atoms with E-state index in [0.29, 0.717) is 17.9 Å². The smallest absolute Gasteiger partial charge is 0.126 e. The Labute approximate surface area is 111 Å². The Morgan fingerprint density at radius 1 is 1.17 bits per heavy atom. The Bertz CT molecular complexity index is 349. The van der Waals surface area contributed by atoms with Crippen LogP contribution in [0.5, 0.6) is 0 Å². The Hall–Kier alpha value is -0.890. The van der Waals surface area contributed by atoms with Crippen molar-refractivity contribution in [1.82, 2.24) is 5.32 Å². The van der Waals surface area contributed by atoms with E-state index in [1.807, 2.05) is 12.1 Å². The molecule has 0 saturated heterocycles. The molecule has 0 amide bonds. The topological polar surface area (TPSA) is 12.0 Å². The van der Waals surface area contributed by atoms with Crippen LogP contribution in [0.2, 0.25) is 0 Å². The van der Waals surface area contributed by atoms with Crippen LogP contribution in [0.4, 0.5) is 4.39 Å². The van der Waals surface area contributed by atoms with E-state index in [1.165, 1.54) is 0 Å². The third kappa shape index (κ3) is 4.41. The zero-order valence-electron chi connectivity index (χ0n) is 12.0. The molecule has 0 aromatic heterocycles. The first-order valence-electron chi connectivity index (χ1n) is 7.03. The van der Waals surface area contributed by atoms with Crippen LogP contribution in [0.15, 0.2) is 24.3 Å². The molecule has 1 nitrogen and oxygen atoms in total. The third-order valence-electron chi connectivity index (χ3n) is 3.63. The highest BCUT2D eigenvalue weighted by molar-refractivity contribution is 5.18. The first-order chi connectivity index (χ1) is 8.56. The van der Waals surface area contributed by atoms with Gasteiger partial charge in [0.1, 0.15) is 5.82 Å². The summed E-state index contributed by atoms with van der Waals surface area (Å²) in [6, 6.07) is 7.54. The molecule has 0 aliphatic heterocycles. The quantitative estimate of drug-likeness (QED) is 0.771. The van der Waals surface area contributed by atoms with Crippen LogP contribution < -0.4 is 5.32 Å². The van der Waals surface area contributed by atoms with Gasteiger partial charge < -0.3 is 5.32 Å². The summed E-state index contributed by atoms with van der Waals surface area (Å²) < 4.78 is 13.7. The van der Waals surface area contributed by atoms with Crippen molar-refractivity contribution in [2.75, 3.05) is 6.54 Å². The normalized spacial score (nSPS) is 14.8. The Morgan fingerprint density at radius 3 is 2.39 bits per heavy atom. The van der Waals surface area contributed by atoms with Crippen molar-refractivity contribution in [3.8, 4) is 0 Å². The fourth-order valence-corrected chi connectivity index (χ4v) is 2.43. The van der Waals surface area contributed by atoms with Crippen molar-refractivity contribution in [3.63, 3.8) is 0 Å². The molecule has 0 fully saturated rings. The van der Waals surface area contributed by atoms with E-state index in [4.69, 9.17) is 0 Å². The van der Waals surface area contributed by atoms with Crippen molar-refractivity contribution in [2.45, 2.75) is 46.6 Å². The predicted octanol–water partition coefficient (Wildman–Crippen LogP) is 4.03. The fourth-order valence-electron chi connectivity index (χ4n) is 2.43. The molecule has 2 atom stereocenters. The lowest BCUT2D eigenvalue weighted by atomic mass is 9.84. The van der Waals surface area contributed by atoms with Gasteiger partial charge in [-0.2, -0.15) is 0 Å². The lowest BCUT2D eigenvalue weighted by molar-refractivity contribution is 0.286. The number of halogens is 1. The van der Waals surface area contributed by atoms with Gasteiger partial charge in [-0.3, -0.25) is 0 Å². The fraction of sp³-hybridized carbons (Fsp3) is 0.625. The van der Waals surface area contributed by atoms with Crippen LogP contribution >= 0.6 is 0 Å². The second-order valence-corrected chi connectivity index (χ2v) is 5.45. The van der Waals surface area contributed by atoms with Crippen LogP contribution in [-0.2, 0) is 6.42 Å². The molecule has 0 spiro atoms. The van der Waals surface area contributed by atoms with Gasteiger partial charge in [-0.1, -0.05) is 39.0 Å². The highest BCUT2D eigenvalue weighted by Crippen LogP contribution is 2.22. The lowest BCUT2D eigenvalue weighted by Crippen LogP contribution is -2.37. The van der Waals surface area contributed by atoms with Crippen LogP contribution in [0, 0.1) is 17.7 Å². The van der Waals surface area contributed by atoms with E-state index >= 15 is 0 Å². The molecule has 0 aliphatic carbocycles. The Kier molecular flexibility index (Phi) is 6.34. The summed E-state index contributed by atoms with van der Waals surface area (Å²) in [4.78, 5) is 0. The summed E-state index contributed by atoms with van der Waals surface area (Å²) in [5.41, 5.74) is 0.835. The zero-order chi connectivity index (χ0) is 13.5. The SMILES string of the molecule is CCCNC(C)C(Cc1ccccc1F)C(C)C. The second-order valence-electron chi connectivity index (χ2n) is 5.45. The highest BCUT2D eigenvalue weighted by Gasteiger charge is 2.21. The summed E-state index contributed by atoms with van der Waals surface area (Å²) in [6.45, 7) is 9.84. The molecule has 1 N–H and O–H groups in total. The minimum absolute atomic E-state index is 0.0779. The monoisotopic (exact) mass is 251 g/mol. The molecule has 0 bridgehead atoms. The average Bonchev–Trinajstić information content (AvgIpc) is 2.34. The summed E-state index contributed by atoms with van der Waals surface area (Å²) >= 11 is 0. The van der Waals surface area contributed by atoms with Crippen molar-refractivity contribution in [3.05, 3.63) is 35.6 Å². The van der Waals surface area contributed by atoms with Gasteiger partial charge in [0.2, 0.25) is 0 Å². The van der Waals surface area contributed by atoms with Gasteiger partial charge >= 0.3 is 0 Å². The van der Waals surface area contributed by atoms with Gasteiger partial charge in [0.15, 0.2) is 0 Å². The summed E-state index contributed by atoms with van der Waals surface area (Å²) in [6.07, 6.45) is 1.94. The number of hydrogen-bond donors (Lipinski definition) is 1. The van der Waals surface area contributed by atoms with E-state index in [-0.39, 0.29) is 5.82 Å². The number of rotatable bonds is 7. The molecule has 0 radical (unpaired) electrons. The number of nitrogens with one attached hydrogen (secondary N) is 1. The van der Waals surface area contributed by atoms with E-state index in [1.54, 1.807) is 12.1 Å². The summed E-state index contributed by atoms with van der Waals surface area (Å²) in [5.74, 6) is 0.934. The molecule has 102 valence electrons. The molecular weight excluding hydrogens is 225 g/mol. The largest absolute Gasteiger partial charge is 0.314 e. The first kappa shape index (κ1) is 15.2. The van der Waals surface area contributed by atoms with Gasteiger partial charge in [0.25, 0.3) is 0 Å². The predicted molar refractivity (Wildman–Crippen MR) is 76.2 cm³/mol. The molecule has 1 rings (SSSR count). The molecular formula is C16H26FN. The van der Waals surface area contributed by atoms with E-state index in [0.717, 1.165) is 24.9 Å². The minimum atomic E-state index is -0.0779. The average molecular weight is 251 g/mol. The van der Waals surface area contributed by atoms with Gasteiger partial charge in [-0.05, 0) is 49.8 Å². The van der Waals surface area contributed by atoms with Crippen molar-refractivity contribution < 1.29 is 4.39 Å². The van der Waals surface area contributed by atoms with Crippen molar-refractivity contribution >= 4 is 0 Å². The van der Waals surface area contributed by atoms with Crippen molar-refractivity contribution in [2.24, 2.45) is 11.8 Å². The molecule has 1 aromatic carbocycles. The number of benzene rings is 1. The van der Waals surface area contributed by atoms with Crippen LogP contribution in [0.1, 0.15) is 39.7 Å². The van der Waals surface area contributed by atoms with Crippen LogP contribution in [0.25, 0.3) is 0 Å². The molecule has 0 aliphatic rings. The van der Waals surface area contributed by atoms with E-state index in [9.17, 15) is 4.39 Å². The molecule has 18 heavy (non-hydrogen) atoms. The van der Waals surface area contributed by atoms with Gasteiger partial charge in [0.05, 0.1) is 0 Å². The van der Waals surface area contributed by atoms with Gasteiger partial charge in [-0.25, -0.2) is 4.39 Å². The molecule has 2 unspecified atom stereocenters. The van der Waals surface area contributed by atoms with Gasteiger partial charge in [0, 0.05) is 6.04 Å². The Morgan fingerprint density at radius 2 is 1.83 bits per heavy atom. The maximum Gasteiger partial charge on any atom is 0.126 e. The zero-order valence-corrected chi connectivity index (χ0v) is 12.0. The van der Waals surface area contributed by atoms with E-state index < -0.39 is 0 Å². The van der Waals surface area contributed by atoms with Crippen LogP contribution in [0.3, 0.4) is 0 Å². The minimum Gasteiger partial charge on any atom is -0.314 e. The number of hydrogen-bond acceptors (Lipinski definition) is 1. The third-order valence-corrected chi connectivity index (χ3v) is 3.63. The molecule has 1 aromatic rings. The van der Waals surface area contributed by atoms with Crippen LogP contribution in [-0.4, -0.2) is 12.6 Å². The highest BCUT2D eigenvalue weighted by atomic mass is 19.1. The lowest BCUT2D eigenvalue weighted by Gasteiger charge is -2.28. The maximum absolute atomic E-state index is 13.7. The molecule has 0 saturated carbocycles. The van der Waals surface area contributed by atoms with E-state index in [2.05, 4.69) is 33.0 Å². The second kappa shape index (κ2) is 7.52. The maximum atomic E-state index is 13.7. The molecule has 0 heterocycles. The van der Waals surface area contributed by atoms with Gasteiger partial charge in [-0.15, -0.1) is 0 Å². The van der Waals surface area contributed by atoms with Crippen molar-refractivity contribution in [1.29, 1.82) is 0 Å². The molecule has 2 heteroatoms. The Balaban J connectivity index is 2.71. The summed E-state index contributed by atoms with van der Waals surface area (Å²) in [7, 11) is 0. The summed E-state index contributed by atoms with van der Waals surface area (Å²) in [5, 5.41) is 3.53. The standard InChI is InChI=1S/C16H26FN/c1-5-10-18-13(4)15(12(2)3)11-14-8-6-7-9-16(14)17/h6-9,12-13,15,18H,5,10-11H2,1-4H3. The first-order valence-corrected chi connectivity index (χ1v) is 7.03.